The molecule has 0 heterocycles. The molecule has 0 aliphatic rings. The van der Waals surface area contributed by atoms with E-state index in [1.54, 1.807) is 0 Å². The van der Waals surface area contributed by atoms with Gasteiger partial charge in [-0.2, -0.15) is 0 Å². The van der Waals surface area contributed by atoms with Crippen LogP contribution in [0.2, 0.25) is 0 Å². The number of hydrogen-bond donors (Lipinski definition) is 2. The molecule has 0 radical (unpaired) electrons. The van der Waals surface area contributed by atoms with Gasteiger partial charge in [-0.15, -0.1) is 0 Å². The molecule has 0 unspecified atom stereocenters. The molecule has 8 heteroatoms. The Bertz CT molecular complexity index is 859. The lowest BCUT2D eigenvalue weighted by atomic mass is 9.97. The maximum Gasteiger partial charge on any atom is 0.336 e. The van der Waals surface area contributed by atoms with E-state index in [0.29, 0.717) is 0 Å². The summed E-state index contributed by atoms with van der Waals surface area (Å²) in [5.41, 5.74) is -1.02. The number of rotatable bonds is 5. The highest BCUT2D eigenvalue weighted by Gasteiger charge is 2.25. The molecule has 8 nitrogen and oxygen atoms in total. The molecule has 2 aromatic rings. The maximum atomic E-state index is 12.7. The average Bonchev–Trinajstić information content (AvgIpc) is 2.53. The number of carbonyl (C=O) groups excluding carboxylic acids is 2. The first-order valence-electron chi connectivity index (χ1n) is 6.74. The van der Waals surface area contributed by atoms with Crippen molar-refractivity contribution in [3.63, 3.8) is 0 Å². The molecule has 1 amide bonds. The van der Waals surface area contributed by atoms with Crippen LogP contribution in [0.3, 0.4) is 0 Å². The van der Waals surface area contributed by atoms with Gasteiger partial charge in [0.15, 0.2) is 0 Å². The fraction of sp³-hybridized carbons (Fsp3) is 0.0625. The van der Waals surface area contributed by atoms with Crippen LogP contribution in [0.1, 0.15) is 33.2 Å². The van der Waals surface area contributed by atoms with Crippen molar-refractivity contribution in [1.82, 2.24) is 0 Å². The van der Waals surface area contributed by atoms with Crippen LogP contribution in [0, 0.1) is 10.1 Å². The van der Waals surface area contributed by atoms with Crippen molar-refractivity contribution in [3.8, 4) is 0 Å². The Morgan fingerprint density at radius 3 is 2.21 bits per heavy atom. The van der Waals surface area contributed by atoms with Crippen LogP contribution in [0.5, 0.6) is 0 Å². The highest BCUT2D eigenvalue weighted by molar-refractivity contribution is 6.16. The summed E-state index contributed by atoms with van der Waals surface area (Å²) >= 11 is 0. The predicted molar refractivity (Wildman–Crippen MR) is 84.2 cm³/mol. The first-order valence-corrected chi connectivity index (χ1v) is 6.74. The van der Waals surface area contributed by atoms with Gasteiger partial charge in [0.25, 0.3) is 5.69 Å². The SMILES string of the molecule is CC(=O)Nc1ccc([N+](=O)[O-])c(C(=O)c2ccccc2C(=O)O)c1. The minimum atomic E-state index is -1.32. The number of carboxylic acid groups (broad SMARTS) is 1. The lowest BCUT2D eigenvalue weighted by Gasteiger charge is -2.08. The van der Waals surface area contributed by atoms with Gasteiger partial charge in [-0.3, -0.25) is 19.7 Å². The summed E-state index contributed by atoms with van der Waals surface area (Å²) in [5.74, 6) is -2.54. The number of anilines is 1. The Kier molecular flexibility index (Phi) is 4.69. The third kappa shape index (κ3) is 3.43. The van der Waals surface area contributed by atoms with Crippen LogP contribution in [0.25, 0.3) is 0 Å². The van der Waals surface area contributed by atoms with Crippen LogP contribution >= 0.6 is 0 Å². The number of ketones is 1. The normalized spacial score (nSPS) is 10.0. The number of carbonyl (C=O) groups is 3. The third-order valence-electron chi connectivity index (χ3n) is 3.16. The molecule has 0 atom stereocenters. The number of aromatic carboxylic acids is 1. The highest BCUT2D eigenvalue weighted by Crippen LogP contribution is 2.26. The van der Waals surface area contributed by atoms with Gasteiger partial charge in [0, 0.05) is 24.2 Å². The average molecular weight is 328 g/mol. The standard InChI is InChI=1S/C16H12N2O6/c1-9(19)17-10-6-7-14(18(23)24)13(8-10)15(20)11-4-2-3-5-12(11)16(21)22/h2-8H,1H3,(H,17,19)(H,21,22). The molecule has 2 N–H and O–H groups in total. The minimum Gasteiger partial charge on any atom is -0.478 e. The summed E-state index contributed by atoms with van der Waals surface area (Å²) in [5, 5.41) is 22.8. The zero-order chi connectivity index (χ0) is 17.9. The number of nitrogens with zero attached hydrogens (tertiary/aromatic N) is 1. The Hall–Kier alpha value is -3.55. The fourth-order valence-electron chi connectivity index (χ4n) is 2.17. The van der Waals surface area contributed by atoms with E-state index < -0.39 is 28.3 Å². The summed E-state index contributed by atoms with van der Waals surface area (Å²) < 4.78 is 0. The lowest BCUT2D eigenvalue weighted by molar-refractivity contribution is -0.385. The van der Waals surface area contributed by atoms with Gasteiger partial charge in [0.2, 0.25) is 11.7 Å². The molecule has 0 saturated heterocycles. The number of nitrogens with one attached hydrogen (secondary N) is 1. The first-order chi connectivity index (χ1) is 11.3. The molecule has 0 aliphatic carbocycles. The summed E-state index contributed by atoms with van der Waals surface area (Å²) in [6.45, 7) is 1.25. The van der Waals surface area contributed by atoms with E-state index in [4.69, 9.17) is 0 Å². The van der Waals surface area contributed by atoms with E-state index in [2.05, 4.69) is 5.32 Å². The van der Waals surface area contributed by atoms with E-state index in [1.165, 1.54) is 37.3 Å². The molecular formula is C16H12N2O6. The van der Waals surface area contributed by atoms with Gasteiger partial charge < -0.3 is 10.4 Å². The van der Waals surface area contributed by atoms with Gasteiger partial charge in [-0.05, 0) is 18.2 Å². The zero-order valence-corrected chi connectivity index (χ0v) is 12.5. The van der Waals surface area contributed by atoms with E-state index in [-0.39, 0.29) is 22.4 Å². The smallest absolute Gasteiger partial charge is 0.336 e. The quantitative estimate of drug-likeness (QED) is 0.493. The van der Waals surface area contributed by atoms with Crippen LogP contribution < -0.4 is 5.32 Å². The number of nitro groups is 1. The number of nitro benzene ring substituents is 1. The molecule has 0 aliphatic heterocycles. The number of benzene rings is 2. The molecule has 0 aromatic heterocycles. The Morgan fingerprint density at radius 2 is 1.67 bits per heavy atom. The van der Waals surface area contributed by atoms with Gasteiger partial charge in [0.05, 0.1) is 10.5 Å². The van der Waals surface area contributed by atoms with Crippen LogP contribution in [0.15, 0.2) is 42.5 Å². The summed E-state index contributed by atoms with van der Waals surface area (Å²) in [6, 6.07) is 8.95. The summed E-state index contributed by atoms with van der Waals surface area (Å²) in [6.07, 6.45) is 0. The van der Waals surface area contributed by atoms with Crippen LogP contribution in [0.4, 0.5) is 11.4 Å². The topological polar surface area (TPSA) is 127 Å². The molecule has 2 rings (SSSR count). The van der Waals surface area contributed by atoms with Crippen molar-refractivity contribution in [2.24, 2.45) is 0 Å². The molecular weight excluding hydrogens is 316 g/mol. The van der Waals surface area contributed by atoms with E-state index in [1.807, 2.05) is 0 Å². The molecule has 0 saturated carbocycles. The third-order valence-corrected chi connectivity index (χ3v) is 3.16. The van der Waals surface area contributed by atoms with E-state index >= 15 is 0 Å². The second kappa shape index (κ2) is 6.69. The van der Waals surface area contributed by atoms with Crippen molar-refractivity contribution < 1.29 is 24.4 Å². The predicted octanol–water partition coefficient (Wildman–Crippen LogP) is 2.48. The summed E-state index contributed by atoms with van der Waals surface area (Å²) in [7, 11) is 0. The van der Waals surface area contributed by atoms with Crippen molar-refractivity contribution in [2.75, 3.05) is 5.32 Å². The molecule has 0 bridgehead atoms. The molecule has 0 spiro atoms. The van der Waals surface area contributed by atoms with Gasteiger partial charge >= 0.3 is 5.97 Å². The number of hydrogen-bond acceptors (Lipinski definition) is 5. The monoisotopic (exact) mass is 328 g/mol. The number of carboxylic acids is 1. The minimum absolute atomic E-state index is 0.173. The fourth-order valence-corrected chi connectivity index (χ4v) is 2.17. The van der Waals surface area contributed by atoms with Gasteiger partial charge in [0.1, 0.15) is 5.56 Å². The number of amides is 1. The van der Waals surface area contributed by atoms with Crippen molar-refractivity contribution in [1.29, 1.82) is 0 Å². The lowest BCUT2D eigenvalue weighted by Crippen LogP contribution is -2.12. The van der Waals surface area contributed by atoms with Crippen LogP contribution in [-0.2, 0) is 4.79 Å². The molecule has 122 valence electrons. The van der Waals surface area contributed by atoms with Crippen molar-refractivity contribution in [3.05, 3.63) is 69.3 Å². The van der Waals surface area contributed by atoms with Crippen molar-refractivity contribution in [2.45, 2.75) is 6.92 Å². The second-order valence-electron chi connectivity index (χ2n) is 4.85. The Labute approximate surface area is 135 Å². The van der Waals surface area contributed by atoms with Crippen molar-refractivity contribution >= 4 is 29.0 Å². The first kappa shape index (κ1) is 16.8. The largest absolute Gasteiger partial charge is 0.478 e. The molecule has 2 aromatic carbocycles. The molecule has 0 fully saturated rings. The van der Waals surface area contributed by atoms with Gasteiger partial charge in [-0.25, -0.2) is 4.79 Å². The van der Waals surface area contributed by atoms with E-state index in [9.17, 15) is 29.6 Å². The Morgan fingerprint density at radius 1 is 1.04 bits per heavy atom. The highest BCUT2D eigenvalue weighted by atomic mass is 16.6. The Balaban J connectivity index is 2.61. The molecule has 24 heavy (non-hydrogen) atoms. The van der Waals surface area contributed by atoms with Gasteiger partial charge in [-0.1, -0.05) is 18.2 Å². The zero-order valence-electron chi connectivity index (χ0n) is 12.5. The second-order valence-corrected chi connectivity index (χ2v) is 4.85. The summed E-state index contributed by atoms with van der Waals surface area (Å²) in [4.78, 5) is 45.4. The maximum absolute atomic E-state index is 12.7. The van der Waals surface area contributed by atoms with E-state index in [0.717, 1.165) is 12.1 Å². The van der Waals surface area contributed by atoms with Crippen LogP contribution in [-0.4, -0.2) is 27.7 Å².